The topological polar surface area (TPSA) is 55.0 Å². The third-order valence-electron chi connectivity index (χ3n) is 2.38. The predicted octanol–water partition coefficient (Wildman–Crippen LogP) is 1.80. The van der Waals surface area contributed by atoms with Gasteiger partial charge in [-0.15, -0.1) is 0 Å². The predicted molar refractivity (Wildman–Crippen MR) is 57.2 cm³/mol. The number of ether oxygens (including phenoxy) is 1. The fourth-order valence-corrected chi connectivity index (χ4v) is 1.26. The van der Waals surface area contributed by atoms with Crippen LogP contribution in [0.3, 0.4) is 0 Å². The number of aromatic nitrogens is 2. The lowest BCUT2D eigenvalue weighted by atomic mass is 10.0. The first-order valence-electron chi connectivity index (χ1n) is 4.34. The molecule has 0 aliphatic rings. The minimum atomic E-state index is -0.528. The van der Waals surface area contributed by atoms with E-state index in [4.69, 9.17) is 4.74 Å². The van der Waals surface area contributed by atoms with Gasteiger partial charge in [0.25, 0.3) is 5.56 Å². The highest BCUT2D eigenvalue weighted by atomic mass is 79.9. The highest BCUT2D eigenvalue weighted by molar-refractivity contribution is 9.10. The van der Waals surface area contributed by atoms with E-state index in [1.54, 1.807) is 7.11 Å². The number of hydrogen-bond acceptors (Lipinski definition) is 3. The van der Waals surface area contributed by atoms with Crippen LogP contribution in [-0.4, -0.2) is 17.1 Å². The van der Waals surface area contributed by atoms with Crippen molar-refractivity contribution < 1.29 is 4.74 Å². The highest BCUT2D eigenvalue weighted by Crippen LogP contribution is 2.23. The minimum absolute atomic E-state index is 0.188. The van der Waals surface area contributed by atoms with E-state index in [-0.39, 0.29) is 5.56 Å². The van der Waals surface area contributed by atoms with E-state index in [2.05, 4.69) is 25.9 Å². The number of hydrogen-bond donors (Lipinski definition) is 1. The molecular formula is C9H13BrN2O2. The van der Waals surface area contributed by atoms with Crippen LogP contribution < -0.4 is 5.56 Å². The van der Waals surface area contributed by atoms with E-state index in [0.717, 1.165) is 6.42 Å². The smallest absolute Gasteiger partial charge is 0.265 e. The molecule has 1 atom stereocenters. The Morgan fingerprint density at radius 2 is 2.36 bits per heavy atom. The summed E-state index contributed by atoms with van der Waals surface area (Å²) in [6.45, 7) is 3.87. The number of nitrogens with one attached hydrogen (secondary N) is 1. The summed E-state index contributed by atoms with van der Waals surface area (Å²) >= 11 is 3.09. The van der Waals surface area contributed by atoms with Crippen molar-refractivity contribution in [3.63, 3.8) is 0 Å². The van der Waals surface area contributed by atoms with Crippen LogP contribution in [0, 0.1) is 0 Å². The van der Waals surface area contributed by atoms with E-state index in [9.17, 15) is 4.79 Å². The van der Waals surface area contributed by atoms with Gasteiger partial charge >= 0.3 is 0 Å². The van der Waals surface area contributed by atoms with E-state index >= 15 is 0 Å². The molecule has 0 saturated heterocycles. The van der Waals surface area contributed by atoms with Crippen molar-refractivity contribution in [3.8, 4) is 0 Å². The Bertz CT molecular complexity index is 371. The van der Waals surface area contributed by atoms with E-state index in [1.165, 1.54) is 6.20 Å². The van der Waals surface area contributed by atoms with Crippen molar-refractivity contribution in [1.29, 1.82) is 0 Å². The molecule has 1 aromatic heterocycles. The third kappa shape index (κ3) is 2.04. The zero-order valence-electron chi connectivity index (χ0n) is 8.43. The van der Waals surface area contributed by atoms with E-state index in [0.29, 0.717) is 10.3 Å². The third-order valence-corrected chi connectivity index (χ3v) is 2.95. The molecule has 0 fully saturated rings. The SMILES string of the molecule is CCC(C)(OC)c1ncc(Br)c(=O)[nH]1. The number of rotatable bonds is 3. The van der Waals surface area contributed by atoms with Crippen LogP contribution >= 0.6 is 15.9 Å². The molecule has 5 heteroatoms. The highest BCUT2D eigenvalue weighted by Gasteiger charge is 2.26. The first-order valence-corrected chi connectivity index (χ1v) is 5.13. The van der Waals surface area contributed by atoms with E-state index < -0.39 is 5.60 Å². The molecule has 0 saturated carbocycles. The van der Waals surface area contributed by atoms with Crippen LogP contribution in [0.1, 0.15) is 26.1 Å². The molecule has 14 heavy (non-hydrogen) atoms. The molecule has 78 valence electrons. The summed E-state index contributed by atoms with van der Waals surface area (Å²) in [5.41, 5.74) is -0.716. The van der Waals surface area contributed by atoms with Crippen LogP contribution in [0.25, 0.3) is 0 Å². The fraction of sp³-hybridized carbons (Fsp3) is 0.556. The Kier molecular flexibility index (Phi) is 3.44. The van der Waals surface area contributed by atoms with Crippen LogP contribution in [0.2, 0.25) is 0 Å². The Morgan fingerprint density at radius 3 is 2.79 bits per heavy atom. The maximum absolute atomic E-state index is 11.3. The van der Waals surface area contributed by atoms with Crippen LogP contribution in [-0.2, 0) is 10.3 Å². The summed E-state index contributed by atoms with van der Waals surface area (Å²) in [5, 5.41) is 0. The molecule has 1 N–H and O–H groups in total. The Hall–Kier alpha value is -0.680. The van der Waals surface area contributed by atoms with Crippen LogP contribution in [0.4, 0.5) is 0 Å². The van der Waals surface area contributed by atoms with Gasteiger partial charge in [-0.3, -0.25) is 4.79 Å². The second kappa shape index (κ2) is 4.23. The van der Waals surface area contributed by atoms with Gasteiger partial charge in [0, 0.05) is 13.3 Å². The summed E-state index contributed by atoms with van der Waals surface area (Å²) in [4.78, 5) is 18.1. The first kappa shape index (κ1) is 11.4. The van der Waals surface area contributed by atoms with Crippen molar-refractivity contribution in [3.05, 3.63) is 26.8 Å². The molecule has 1 rings (SSSR count). The monoisotopic (exact) mass is 260 g/mol. The van der Waals surface area contributed by atoms with Crippen LogP contribution in [0.5, 0.6) is 0 Å². The Morgan fingerprint density at radius 1 is 1.71 bits per heavy atom. The lowest BCUT2D eigenvalue weighted by molar-refractivity contribution is -0.00922. The fourth-order valence-electron chi connectivity index (χ4n) is 1.06. The summed E-state index contributed by atoms with van der Waals surface area (Å²) < 4.78 is 5.75. The van der Waals surface area contributed by atoms with Gasteiger partial charge in [0.15, 0.2) is 0 Å². The summed E-state index contributed by atoms with van der Waals surface area (Å²) in [6.07, 6.45) is 2.23. The van der Waals surface area contributed by atoms with Gasteiger partial charge in [0.2, 0.25) is 0 Å². The number of H-pyrrole nitrogens is 1. The van der Waals surface area contributed by atoms with Gasteiger partial charge < -0.3 is 9.72 Å². The lowest BCUT2D eigenvalue weighted by Crippen LogP contribution is -2.29. The first-order chi connectivity index (χ1) is 6.53. The van der Waals surface area contributed by atoms with Crippen molar-refractivity contribution in [2.24, 2.45) is 0 Å². The number of methoxy groups -OCH3 is 1. The largest absolute Gasteiger partial charge is 0.371 e. The maximum atomic E-state index is 11.3. The molecule has 0 aromatic carbocycles. The summed E-state index contributed by atoms with van der Waals surface area (Å²) in [7, 11) is 1.60. The maximum Gasteiger partial charge on any atom is 0.265 e. The van der Waals surface area contributed by atoms with Gasteiger partial charge in [-0.25, -0.2) is 4.98 Å². The lowest BCUT2D eigenvalue weighted by Gasteiger charge is -2.24. The normalized spacial score (nSPS) is 15.1. The molecule has 0 spiro atoms. The van der Waals surface area contributed by atoms with Crippen molar-refractivity contribution >= 4 is 15.9 Å². The minimum Gasteiger partial charge on any atom is -0.371 e. The summed E-state index contributed by atoms with van der Waals surface area (Å²) in [5.74, 6) is 0.552. The van der Waals surface area contributed by atoms with Gasteiger partial charge in [-0.1, -0.05) is 6.92 Å². The zero-order chi connectivity index (χ0) is 10.8. The second-order valence-corrected chi connectivity index (χ2v) is 4.05. The molecular weight excluding hydrogens is 248 g/mol. The van der Waals surface area contributed by atoms with Crippen molar-refractivity contribution in [1.82, 2.24) is 9.97 Å². The molecule has 4 nitrogen and oxygen atoms in total. The molecule has 0 aliphatic carbocycles. The Balaban J connectivity index is 3.19. The molecule has 0 radical (unpaired) electrons. The van der Waals surface area contributed by atoms with E-state index in [1.807, 2.05) is 13.8 Å². The van der Waals surface area contributed by atoms with Gasteiger partial charge in [-0.05, 0) is 29.3 Å². The molecule has 0 aliphatic heterocycles. The van der Waals surface area contributed by atoms with Gasteiger partial charge in [0.05, 0.1) is 0 Å². The molecule has 0 bridgehead atoms. The standard InChI is InChI=1S/C9H13BrN2O2/c1-4-9(2,14-3)8-11-5-6(10)7(13)12-8/h5H,4H2,1-3H3,(H,11,12,13). The average molecular weight is 261 g/mol. The quantitative estimate of drug-likeness (QED) is 0.902. The number of nitrogens with zero attached hydrogens (tertiary/aromatic N) is 1. The molecule has 0 amide bonds. The molecule has 1 aromatic rings. The Labute approximate surface area is 90.8 Å². The number of aromatic amines is 1. The van der Waals surface area contributed by atoms with Crippen LogP contribution in [0.15, 0.2) is 15.5 Å². The second-order valence-electron chi connectivity index (χ2n) is 3.20. The van der Waals surface area contributed by atoms with Crippen molar-refractivity contribution in [2.45, 2.75) is 25.9 Å². The van der Waals surface area contributed by atoms with Crippen molar-refractivity contribution in [2.75, 3.05) is 7.11 Å². The number of halogens is 1. The molecule has 1 heterocycles. The zero-order valence-corrected chi connectivity index (χ0v) is 10.0. The summed E-state index contributed by atoms with van der Waals surface area (Å²) in [6, 6.07) is 0. The average Bonchev–Trinajstić information content (AvgIpc) is 2.21. The van der Waals surface area contributed by atoms with Gasteiger partial charge in [0.1, 0.15) is 15.9 Å². The molecule has 1 unspecified atom stereocenters. The van der Waals surface area contributed by atoms with Gasteiger partial charge in [-0.2, -0.15) is 0 Å².